The second-order valence-corrected chi connectivity index (χ2v) is 10.3. The van der Waals surface area contributed by atoms with Crippen molar-refractivity contribution in [1.82, 2.24) is 15.0 Å². The zero-order valence-electron chi connectivity index (χ0n) is 17.1. The second-order valence-electron chi connectivity index (χ2n) is 7.81. The minimum absolute atomic E-state index is 0.200. The van der Waals surface area contributed by atoms with Gasteiger partial charge in [0.1, 0.15) is 0 Å². The number of nitrogens with zero attached hydrogens (tertiary/aromatic N) is 3. The van der Waals surface area contributed by atoms with Crippen molar-refractivity contribution in [3.8, 4) is 22.8 Å². The van der Waals surface area contributed by atoms with Gasteiger partial charge in [0, 0.05) is 51.5 Å². The number of aromatic nitrogens is 3. The monoisotopic (exact) mass is 479 g/mol. The van der Waals surface area contributed by atoms with Crippen LogP contribution in [0.5, 0.6) is 0 Å². The second kappa shape index (κ2) is 7.32. The highest BCUT2D eigenvalue weighted by Crippen LogP contribution is 2.41. The molecule has 0 aliphatic carbocycles. The molecule has 6 heteroatoms. The minimum atomic E-state index is 0.200. The van der Waals surface area contributed by atoms with E-state index < -0.39 is 0 Å². The average Bonchev–Trinajstić information content (AvgIpc) is 3.42. The molecule has 0 unspecified atom stereocenters. The van der Waals surface area contributed by atoms with E-state index in [0.29, 0.717) is 11.6 Å². The molecule has 156 valence electrons. The van der Waals surface area contributed by atoms with E-state index in [2.05, 4.69) is 94.9 Å². The van der Waals surface area contributed by atoms with Gasteiger partial charge in [-0.15, -0.1) is 22.7 Å². The molecule has 3 nitrogen and oxygen atoms in total. The first-order valence-corrected chi connectivity index (χ1v) is 12.5. The molecule has 0 bridgehead atoms. The molecule has 0 saturated heterocycles. The lowest BCUT2D eigenvalue weighted by Crippen LogP contribution is -1.97. The van der Waals surface area contributed by atoms with E-state index in [1.165, 1.54) is 30.9 Å². The SMILES string of the molecule is Clc1nc(-c2cccc3c2sc2ccccc23)nc(-c2cccc3c2sc2ccccc23)n1. The standard InChI is InChI=1S/C27H14ClN3S2/c28-27-30-25(19-11-5-9-17-15-7-1-3-13-21(15)32-23(17)19)29-26(31-27)20-12-6-10-18-16-8-2-4-14-22(16)33-24(18)20/h1-14H. The first kappa shape index (κ1) is 19.1. The van der Waals surface area contributed by atoms with Gasteiger partial charge in [-0.1, -0.05) is 60.7 Å². The molecule has 0 fully saturated rings. The molecule has 7 aromatic rings. The Hall–Kier alpha value is -3.38. The molecule has 0 amide bonds. The van der Waals surface area contributed by atoms with Crippen molar-refractivity contribution in [2.75, 3.05) is 0 Å². The molecule has 33 heavy (non-hydrogen) atoms. The predicted molar refractivity (Wildman–Crippen MR) is 141 cm³/mol. The highest BCUT2D eigenvalue weighted by Gasteiger charge is 2.17. The van der Waals surface area contributed by atoms with Gasteiger partial charge in [-0.3, -0.25) is 0 Å². The van der Waals surface area contributed by atoms with Gasteiger partial charge < -0.3 is 0 Å². The number of hydrogen-bond acceptors (Lipinski definition) is 5. The van der Waals surface area contributed by atoms with Crippen LogP contribution in [-0.4, -0.2) is 15.0 Å². The summed E-state index contributed by atoms with van der Waals surface area (Å²) in [6.07, 6.45) is 0. The van der Waals surface area contributed by atoms with Crippen LogP contribution in [0.4, 0.5) is 0 Å². The number of rotatable bonds is 2. The fourth-order valence-electron chi connectivity index (χ4n) is 4.44. The van der Waals surface area contributed by atoms with Gasteiger partial charge in [0.05, 0.1) is 0 Å². The van der Waals surface area contributed by atoms with Crippen molar-refractivity contribution in [2.45, 2.75) is 0 Å². The normalized spacial score (nSPS) is 11.8. The maximum Gasteiger partial charge on any atom is 0.226 e. The van der Waals surface area contributed by atoms with Crippen LogP contribution in [0.15, 0.2) is 84.9 Å². The van der Waals surface area contributed by atoms with Crippen LogP contribution in [0.3, 0.4) is 0 Å². The maximum atomic E-state index is 6.45. The fourth-order valence-corrected chi connectivity index (χ4v) is 7.02. The average molecular weight is 480 g/mol. The van der Waals surface area contributed by atoms with Gasteiger partial charge in [-0.2, -0.15) is 9.97 Å². The van der Waals surface area contributed by atoms with Crippen molar-refractivity contribution in [1.29, 1.82) is 0 Å². The van der Waals surface area contributed by atoms with Crippen LogP contribution >= 0.6 is 34.3 Å². The largest absolute Gasteiger partial charge is 0.226 e. The third-order valence-corrected chi connectivity index (χ3v) is 8.51. The molecule has 0 atom stereocenters. The van der Waals surface area contributed by atoms with E-state index in [9.17, 15) is 0 Å². The molecule has 3 heterocycles. The van der Waals surface area contributed by atoms with Crippen LogP contribution in [0.25, 0.3) is 63.1 Å². The number of benzene rings is 4. The van der Waals surface area contributed by atoms with Gasteiger partial charge in [-0.05, 0) is 35.9 Å². The van der Waals surface area contributed by atoms with Gasteiger partial charge >= 0.3 is 0 Å². The molecular formula is C27H14ClN3S2. The summed E-state index contributed by atoms with van der Waals surface area (Å²) in [5, 5.41) is 5.10. The minimum Gasteiger partial charge on any atom is -0.208 e. The Morgan fingerprint density at radius 3 is 1.45 bits per heavy atom. The summed E-state index contributed by atoms with van der Waals surface area (Å²) in [7, 11) is 0. The predicted octanol–water partition coefficient (Wildman–Crippen LogP) is 8.59. The quantitative estimate of drug-likeness (QED) is 0.249. The lowest BCUT2D eigenvalue weighted by molar-refractivity contribution is 1.07. The Balaban J connectivity index is 1.48. The van der Waals surface area contributed by atoms with E-state index in [1.807, 2.05) is 0 Å². The van der Waals surface area contributed by atoms with Crippen LogP contribution in [0, 0.1) is 0 Å². The van der Waals surface area contributed by atoms with Gasteiger partial charge in [0.25, 0.3) is 0 Å². The molecule has 0 spiro atoms. The van der Waals surface area contributed by atoms with E-state index in [-0.39, 0.29) is 5.28 Å². The smallest absolute Gasteiger partial charge is 0.208 e. The van der Waals surface area contributed by atoms with E-state index >= 15 is 0 Å². The van der Waals surface area contributed by atoms with Crippen LogP contribution in [0.1, 0.15) is 0 Å². The maximum absolute atomic E-state index is 6.45. The first-order chi connectivity index (χ1) is 16.3. The van der Waals surface area contributed by atoms with Gasteiger partial charge in [-0.25, -0.2) is 4.98 Å². The van der Waals surface area contributed by atoms with Crippen molar-refractivity contribution in [2.24, 2.45) is 0 Å². The Morgan fingerprint density at radius 1 is 0.485 bits per heavy atom. The van der Waals surface area contributed by atoms with Crippen molar-refractivity contribution in [3.63, 3.8) is 0 Å². The summed E-state index contributed by atoms with van der Waals surface area (Å²) in [6, 6.07) is 29.4. The summed E-state index contributed by atoms with van der Waals surface area (Å²) >= 11 is 9.96. The lowest BCUT2D eigenvalue weighted by Gasteiger charge is -2.07. The Kier molecular flexibility index (Phi) is 4.24. The first-order valence-electron chi connectivity index (χ1n) is 10.5. The van der Waals surface area contributed by atoms with Gasteiger partial charge in [0.15, 0.2) is 11.6 Å². The molecule has 0 aliphatic rings. The highest BCUT2D eigenvalue weighted by molar-refractivity contribution is 7.26. The van der Waals surface area contributed by atoms with E-state index in [1.54, 1.807) is 22.7 Å². The molecule has 3 aromatic heterocycles. The summed E-state index contributed by atoms with van der Waals surface area (Å²) in [5.74, 6) is 1.19. The third kappa shape index (κ3) is 2.97. The van der Waals surface area contributed by atoms with Crippen molar-refractivity contribution in [3.05, 3.63) is 90.2 Å². The van der Waals surface area contributed by atoms with Gasteiger partial charge in [0.2, 0.25) is 5.28 Å². The molecule has 0 N–H and O–H groups in total. The Morgan fingerprint density at radius 2 is 0.939 bits per heavy atom. The van der Waals surface area contributed by atoms with E-state index in [0.717, 1.165) is 20.5 Å². The lowest BCUT2D eigenvalue weighted by atomic mass is 10.1. The molecule has 7 rings (SSSR count). The zero-order chi connectivity index (χ0) is 21.9. The van der Waals surface area contributed by atoms with Crippen molar-refractivity contribution < 1.29 is 0 Å². The summed E-state index contributed by atoms with van der Waals surface area (Å²) in [4.78, 5) is 14.0. The Labute approximate surface area is 202 Å². The van der Waals surface area contributed by atoms with Crippen molar-refractivity contribution >= 4 is 74.6 Å². The number of hydrogen-bond donors (Lipinski definition) is 0. The molecule has 0 aliphatic heterocycles. The summed E-state index contributed by atoms with van der Waals surface area (Å²) in [6.45, 7) is 0. The van der Waals surface area contributed by atoms with Crippen LogP contribution < -0.4 is 0 Å². The van der Waals surface area contributed by atoms with Crippen LogP contribution in [0.2, 0.25) is 5.28 Å². The number of thiophene rings is 2. The van der Waals surface area contributed by atoms with Crippen LogP contribution in [-0.2, 0) is 0 Å². The molecular weight excluding hydrogens is 466 g/mol. The Bertz CT molecular complexity index is 1720. The molecule has 0 saturated carbocycles. The highest BCUT2D eigenvalue weighted by atomic mass is 35.5. The van der Waals surface area contributed by atoms with E-state index in [4.69, 9.17) is 16.6 Å². The fraction of sp³-hybridized carbons (Fsp3) is 0. The third-order valence-electron chi connectivity index (χ3n) is 5.90. The number of halogens is 1. The zero-order valence-corrected chi connectivity index (χ0v) is 19.5. The topological polar surface area (TPSA) is 38.7 Å². The number of fused-ring (bicyclic) bond motifs is 6. The molecule has 4 aromatic carbocycles. The summed E-state index contributed by atoms with van der Waals surface area (Å²) < 4.78 is 4.81. The molecule has 0 radical (unpaired) electrons. The summed E-state index contributed by atoms with van der Waals surface area (Å²) in [5.41, 5.74) is 1.95.